The van der Waals surface area contributed by atoms with Gasteiger partial charge in [-0.25, -0.2) is 0 Å². The van der Waals surface area contributed by atoms with E-state index in [1.54, 1.807) is 10.6 Å². The highest BCUT2D eigenvalue weighted by molar-refractivity contribution is 5.88. The average molecular weight is 270 g/mol. The van der Waals surface area contributed by atoms with Gasteiger partial charge in [-0.1, -0.05) is 30.3 Å². The van der Waals surface area contributed by atoms with Crippen LogP contribution in [0.4, 0.5) is 5.69 Å². The van der Waals surface area contributed by atoms with Gasteiger partial charge in [-0.05, 0) is 24.6 Å². The number of anilines is 1. The van der Waals surface area contributed by atoms with Gasteiger partial charge >= 0.3 is 0 Å². The highest BCUT2D eigenvalue weighted by Crippen LogP contribution is 2.10. The second kappa shape index (κ2) is 6.19. The lowest BCUT2D eigenvalue weighted by Crippen LogP contribution is -2.27. The first-order chi connectivity index (χ1) is 9.61. The molecular formula is C16H18N2O2. The Morgan fingerprint density at radius 3 is 2.45 bits per heavy atom. The minimum absolute atomic E-state index is 0.156. The summed E-state index contributed by atoms with van der Waals surface area (Å²) in [5, 5.41) is 2.57. The highest BCUT2D eigenvalue weighted by atomic mass is 16.2. The van der Waals surface area contributed by atoms with Gasteiger partial charge in [-0.3, -0.25) is 9.59 Å². The Balaban J connectivity index is 2.37. The number of amides is 1. The molecule has 1 amide bonds. The first-order valence-corrected chi connectivity index (χ1v) is 6.66. The normalized spacial score (nSPS) is 10.3. The molecule has 4 nitrogen and oxygen atoms in total. The van der Waals surface area contributed by atoms with E-state index in [2.05, 4.69) is 5.32 Å². The molecule has 2 aromatic rings. The van der Waals surface area contributed by atoms with Crippen molar-refractivity contribution in [2.75, 3.05) is 5.32 Å². The maximum atomic E-state index is 12.3. The fraction of sp³-hybridized carbons (Fsp3) is 0.250. The van der Waals surface area contributed by atoms with Gasteiger partial charge in [0.05, 0.1) is 0 Å². The van der Waals surface area contributed by atoms with Crippen LogP contribution in [0, 0.1) is 0 Å². The molecule has 1 N–H and O–H groups in total. The average Bonchev–Trinajstić information content (AvgIpc) is 2.43. The van der Waals surface area contributed by atoms with E-state index in [0.717, 1.165) is 11.3 Å². The lowest BCUT2D eigenvalue weighted by molar-refractivity contribution is -0.114. The zero-order chi connectivity index (χ0) is 14.5. The molecule has 0 saturated heterocycles. The fourth-order valence-electron chi connectivity index (χ4n) is 2.21. The number of rotatable bonds is 4. The predicted molar refractivity (Wildman–Crippen MR) is 79.9 cm³/mol. The third-order valence-corrected chi connectivity index (χ3v) is 3.12. The first kappa shape index (κ1) is 14.1. The summed E-state index contributed by atoms with van der Waals surface area (Å²) in [6, 6.07) is 13.6. The van der Waals surface area contributed by atoms with E-state index in [1.807, 2.05) is 43.3 Å². The standard InChI is InChI=1S/C16H18N2O2/c1-3-18-14(11-13-7-5-4-6-8-13)9-10-15(16(18)20)17-12(2)19/h4-10H,3,11H2,1-2H3,(H,17,19). The van der Waals surface area contributed by atoms with Crippen LogP contribution in [0.15, 0.2) is 47.3 Å². The van der Waals surface area contributed by atoms with Crippen molar-refractivity contribution < 1.29 is 4.79 Å². The smallest absolute Gasteiger partial charge is 0.274 e. The molecule has 0 radical (unpaired) electrons. The van der Waals surface area contributed by atoms with E-state index in [4.69, 9.17) is 0 Å². The summed E-state index contributed by atoms with van der Waals surface area (Å²) in [7, 11) is 0. The van der Waals surface area contributed by atoms with Crippen molar-refractivity contribution in [3.05, 3.63) is 64.1 Å². The third-order valence-electron chi connectivity index (χ3n) is 3.12. The van der Waals surface area contributed by atoms with Gasteiger partial charge in [0.1, 0.15) is 5.69 Å². The molecule has 0 bridgehead atoms. The van der Waals surface area contributed by atoms with Crippen molar-refractivity contribution >= 4 is 11.6 Å². The Kier molecular flexibility index (Phi) is 4.35. The van der Waals surface area contributed by atoms with Crippen molar-refractivity contribution in [2.45, 2.75) is 26.8 Å². The first-order valence-electron chi connectivity index (χ1n) is 6.66. The topological polar surface area (TPSA) is 51.1 Å². The van der Waals surface area contributed by atoms with Crippen LogP contribution in [0.2, 0.25) is 0 Å². The Morgan fingerprint density at radius 2 is 1.85 bits per heavy atom. The highest BCUT2D eigenvalue weighted by Gasteiger charge is 2.09. The summed E-state index contributed by atoms with van der Waals surface area (Å²) in [4.78, 5) is 23.4. The van der Waals surface area contributed by atoms with Gasteiger partial charge < -0.3 is 9.88 Å². The summed E-state index contributed by atoms with van der Waals surface area (Å²) in [5.41, 5.74) is 2.27. The van der Waals surface area contributed by atoms with Gasteiger partial charge in [0, 0.05) is 25.6 Å². The molecule has 0 saturated carbocycles. The second-order valence-electron chi connectivity index (χ2n) is 4.63. The molecule has 1 aromatic heterocycles. The monoisotopic (exact) mass is 270 g/mol. The summed E-state index contributed by atoms with van der Waals surface area (Å²) in [6.07, 6.45) is 0.699. The Morgan fingerprint density at radius 1 is 1.15 bits per heavy atom. The number of carbonyl (C=O) groups is 1. The molecular weight excluding hydrogens is 252 g/mol. The summed E-state index contributed by atoms with van der Waals surface area (Å²) < 4.78 is 1.69. The summed E-state index contributed by atoms with van der Waals surface area (Å²) in [5.74, 6) is -0.236. The van der Waals surface area contributed by atoms with Crippen LogP contribution in [0.1, 0.15) is 25.1 Å². The molecule has 0 fully saturated rings. The maximum absolute atomic E-state index is 12.3. The quantitative estimate of drug-likeness (QED) is 0.927. The minimum Gasteiger partial charge on any atom is -0.322 e. The fourth-order valence-corrected chi connectivity index (χ4v) is 2.21. The molecule has 0 aliphatic heterocycles. The Bertz CT molecular complexity index is 660. The van der Waals surface area contributed by atoms with Gasteiger partial charge in [0.2, 0.25) is 5.91 Å². The number of hydrogen-bond donors (Lipinski definition) is 1. The van der Waals surface area contributed by atoms with E-state index >= 15 is 0 Å². The van der Waals surface area contributed by atoms with E-state index in [0.29, 0.717) is 18.7 Å². The van der Waals surface area contributed by atoms with Crippen molar-refractivity contribution in [3.63, 3.8) is 0 Å². The molecule has 4 heteroatoms. The lowest BCUT2D eigenvalue weighted by atomic mass is 10.1. The summed E-state index contributed by atoms with van der Waals surface area (Å²) >= 11 is 0. The minimum atomic E-state index is -0.236. The summed E-state index contributed by atoms with van der Waals surface area (Å²) in [6.45, 7) is 3.90. The van der Waals surface area contributed by atoms with Crippen LogP contribution in [-0.4, -0.2) is 10.5 Å². The molecule has 104 valence electrons. The van der Waals surface area contributed by atoms with E-state index < -0.39 is 0 Å². The van der Waals surface area contributed by atoms with Crippen molar-refractivity contribution in [3.8, 4) is 0 Å². The number of nitrogens with zero attached hydrogens (tertiary/aromatic N) is 1. The van der Waals surface area contributed by atoms with Crippen LogP contribution in [-0.2, 0) is 17.8 Å². The number of pyridine rings is 1. The number of hydrogen-bond acceptors (Lipinski definition) is 2. The van der Waals surface area contributed by atoms with Gasteiger partial charge in [0.15, 0.2) is 0 Å². The van der Waals surface area contributed by atoms with Gasteiger partial charge in [0.25, 0.3) is 5.56 Å². The van der Waals surface area contributed by atoms with Crippen LogP contribution in [0.25, 0.3) is 0 Å². The second-order valence-corrected chi connectivity index (χ2v) is 4.63. The van der Waals surface area contributed by atoms with E-state index in [-0.39, 0.29) is 11.5 Å². The molecule has 1 heterocycles. The largest absolute Gasteiger partial charge is 0.322 e. The van der Waals surface area contributed by atoms with Crippen molar-refractivity contribution in [1.82, 2.24) is 4.57 Å². The van der Waals surface area contributed by atoms with Crippen LogP contribution >= 0.6 is 0 Å². The van der Waals surface area contributed by atoms with E-state index in [1.165, 1.54) is 6.92 Å². The third kappa shape index (κ3) is 3.15. The number of aromatic nitrogens is 1. The zero-order valence-corrected chi connectivity index (χ0v) is 11.7. The van der Waals surface area contributed by atoms with Crippen LogP contribution in [0.3, 0.4) is 0 Å². The van der Waals surface area contributed by atoms with Crippen molar-refractivity contribution in [2.24, 2.45) is 0 Å². The van der Waals surface area contributed by atoms with Crippen LogP contribution < -0.4 is 10.9 Å². The molecule has 0 spiro atoms. The lowest BCUT2D eigenvalue weighted by Gasteiger charge is -2.13. The van der Waals surface area contributed by atoms with Crippen molar-refractivity contribution in [1.29, 1.82) is 0 Å². The molecule has 2 rings (SSSR count). The predicted octanol–water partition coefficient (Wildman–Crippen LogP) is 2.42. The molecule has 0 aliphatic carbocycles. The number of nitrogens with one attached hydrogen (secondary N) is 1. The Labute approximate surface area is 118 Å². The van der Waals surface area contributed by atoms with Gasteiger partial charge in [-0.2, -0.15) is 0 Å². The molecule has 20 heavy (non-hydrogen) atoms. The number of benzene rings is 1. The van der Waals surface area contributed by atoms with Gasteiger partial charge in [-0.15, -0.1) is 0 Å². The van der Waals surface area contributed by atoms with Crippen LogP contribution in [0.5, 0.6) is 0 Å². The molecule has 0 aliphatic rings. The Hall–Kier alpha value is -2.36. The molecule has 0 atom stereocenters. The zero-order valence-electron chi connectivity index (χ0n) is 11.7. The maximum Gasteiger partial charge on any atom is 0.274 e. The SMILES string of the molecule is CCn1c(Cc2ccccc2)ccc(NC(C)=O)c1=O. The molecule has 0 unspecified atom stereocenters. The van der Waals surface area contributed by atoms with E-state index in [9.17, 15) is 9.59 Å². The number of carbonyl (C=O) groups excluding carboxylic acids is 1. The molecule has 1 aromatic carbocycles.